The molecule has 0 spiro atoms. The van der Waals surface area contributed by atoms with Crippen molar-refractivity contribution >= 4 is 39.0 Å². The van der Waals surface area contributed by atoms with Crippen LogP contribution in [0.1, 0.15) is 0 Å². The number of nitrogens with zero attached hydrogens (tertiary/aromatic N) is 5. The van der Waals surface area contributed by atoms with Crippen LogP contribution in [0.4, 0.5) is 11.4 Å². The molecule has 11 heteroatoms. The average molecular weight is 453 g/mol. The summed E-state index contributed by atoms with van der Waals surface area (Å²) in [5.74, 6) is -0.937. The Balaban J connectivity index is 1.48. The van der Waals surface area contributed by atoms with Crippen LogP contribution in [-0.2, 0) is 24.3 Å². The second kappa shape index (κ2) is 7.97. The summed E-state index contributed by atoms with van der Waals surface area (Å²) < 4.78 is 31.9. The average Bonchev–Trinajstić information content (AvgIpc) is 3.02. The van der Waals surface area contributed by atoms with Crippen LogP contribution in [0.15, 0.2) is 64.0 Å². The van der Waals surface area contributed by atoms with Crippen molar-refractivity contribution in [2.24, 2.45) is 4.40 Å². The molecule has 0 bridgehead atoms. The van der Waals surface area contributed by atoms with E-state index in [4.69, 9.17) is 4.74 Å². The van der Waals surface area contributed by atoms with Crippen LogP contribution < -0.4 is 9.80 Å². The number of ketones is 1. The molecule has 0 aromatic heterocycles. The molecule has 0 N–H and O–H groups in total. The number of ether oxygens (including phenoxy) is 1. The summed E-state index contributed by atoms with van der Waals surface area (Å²) in [6.45, 7) is -0.450. The summed E-state index contributed by atoms with van der Waals surface area (Å²) in [5, 5.41) is 9.64. The highest BCUT2D eigenvalue weighted by Crippen LogP contribution is 2.40. The van der Waals surface area contributed by atoms with E-state index in [2.05, 4.69) is 4.40 Å². The van der Waals surface area contributed by atoms with Crippen molar-refractivity contribution in [1.82, 2.24) is 4.90 Å². The third-order valence-corrected chi connectivity index (χ3v) is 6.41. The lowest BCUT2D eigenvalue weighted by Gasteiger charge is -2.26. The van der Waals surface area contributed by atoms with Crippen LogP contribution in [-0.4, -0.2) is 63.9 Å². The van der Waals surface area contributed by atoms with E-state index in [1.807, 2.05) is 30.3 Å². The molecule has 10 nitrogen and oxygen atoms in total. The number of rotatable bonds is 4. The molecule has 0 fully saturated rings. The molecule has 0 atom stereocenters. The maximum atomic E-state index is 12.7. The minimum absolute atomic E-state index is 0.122. The van der Waals surface area contributed by atoms with Gasteiger partial charge in [-0.05, 0) is 24.3 Å². The Morgan fingerprint density at radius 2 is 1.81 bits per heavy atom. The molecule has 0 amide bonds. The van der Waals surface area contributed by atoms with Crippen molar-refractivity contribution in [2.75, 3.05) is 42.8 Å². The topological polar surface area (TPSA) is 123 Å². The van der Waals surface area contributed by atoms with Gasteiger partial charge in [0.25, 0.3) is 10.0 Å². The highest BCUT2D eigenvalue weighted by molar-refractivity contribution is 7.90. The maximum Gasteiger partial charge on any atom is 0.340 e. The number of benzene rings is 1. The first-order valence-electron chi connectivity index (χ1n) is 9.62. The zero-order valence-corrected chi connectivity index (χ0v) is 18.2. The third kappa shape index (κ3) is 3.76. The van der Waals surface area contributed by atoms with Gasteiger partial charge in [-0.1, -0.05) is 12.1 Å². The Morgan fingerprint density at radius 3 is 2.44 bits per heavy atom. The Labute approximate surface area is 185 Å². The van der Waals surface area contributed by atoms with E-state index in [9.17, 15) is 23.3 Å². The van der Waals surface area contributed by atoms with Crippen LogP contribution in [0, 0.1) is 11.3 Å². The Morgan fingerprint density at radius 1 is 1.16 bits per heavy atom. The standard InChI is InChI=1S/C21H19N5O5S/c1-24-16-5-3-4-6-17(16)25(2)20(24)15(11-22)18(27)13-31-21(28)14-7-8-19-23-32(29,30)10-9-26(19)12-14/h3-8,12H,9-10,13H2,1-2H3. The Kier molecular flexibility index (Phi) is 5.31. The third-order valence-electron chi connectivity index (χ3n) is 5.25. The minimum Gasteiger partial charge on any atom is -0.454 e. The lowest BCUT2D eigenvalue weighted by Crippen LogP contribution is -2.37. The van der Waals surface area contributed by atoms with E-state index in [1.54, 1.807) is 23.9 Å². The summed E-state index contributed by atoms with van der Waals surface area (Å²) in [7, 11) is 0.00718. The van der Waals surface area contributed by atoms with E-state index in [1.165, 1.54) is 23.3 Å². The van der Waals surface area contributed by atoms with Gasteiger partial charge in [-0.2, -0.15) is 5.26 Å². The highest BCUT2D eigenvalue weighted by atomic mass is 32.2. The SMILES string of the molecule is CN1C(=C(C#N)C(=O)COC(=O)C2=CN3CCS(=O)(=O)N=C3C=C2)N(C)c2ccccc21. The molecule has 164 valence electrons. The predicted molar refractivity (Wildman–Crippen MR) is 117 cm³/mol. The largest absolute Gasteiger partial charge is 0.454 e. The van der Waals surface area contributed by atoms with Crippen LogP contribution >= 0.6 is 0 Å². The quantitative estimate of drug-likeness (QED) is 0.372. The highest BCUT2D eigenvalue weighted by Gasteiger charge is 2.32. The van der Waals surface area contributed by atoms with Gasteiger partial charge >= 0.3 is 5.97 Å². The number of carbonyl (C=O) groups is 2. The fraction of sp³-hybridized carbons (Fsp3) is 0.238. The molecule has 32 heavy (non-hydrogen) atoms. The van der Waals surface area contributed by atoms with E-state index >= 15 is 0 Å². The lowest BCUT2D eigenvalue weighted by molar-refractivity contribution is -0.142. The van der Waals surface area contributed by atoms with Crippen LogP contribution in [0.25, 0.3) is 0 Å². The molecule has 3 aliphatic rings. The smallest absolute Gasteiger partial charge is 0.340 e. The molecule has 3 aliphatic heterocycles. The summed E-state index contributed by atoms with van der Waals surface area (Å²) in [5.41, 5.74) is 1.72. The van der Waals surface area contributed by atoms with Gasteiger partial charge in [0, 0.05) is 26.8 Å². The second-order valence-corrected chi connectivity index (χ2v) is 9.02. The number of nitriles is 1. The molecule has 0 saturated carbocycles. The Hall–Kier alpha value is -3.91. The first-order valence-corrected chi connectivity index (χ1v) is 11.2. The number of anilines is 2. The van der Waals surface area contributed by atoms with Gasteiger partial charge in [-0.25, -0.2) is 13.2 Å². The minimum atomic E-state index is -3.50. The van der Waals surface area contributed by atoms with Crippen molar-refractivity contribution in [3.63, 3.8) is 0 Å². The van der Waals surface area contributed by atoms with Gasteiger partial charge in [-0.15, -0.1) is 4.40 Å². The van der Waals surface area contributed by atoms with Gasteiger partial charge in [0.05, 0.1) is 22.7 Å². The maximum absolute atomic E-state index is 12.7. The number of fused-ring (bicyclic) bond motifs is 2. The summed E-state index contributed by atoms with van der Waals surface area (Å²) in [6, 6.07) is 9.42. The molecule has 1 aromatic carbocycles. The lowest BCUT2D eigenvalue weighted by atomic mass is 10.1. The Bertz CT molecular complexity index is 1250. The molecule has 4 rings (SSSR count). The molecule has 0 saturated heterocycles. The van der Waals surface area contributed by atoms with E-state index in [-0.39, 0.29) is 29.3 Å². The van der Waals surface area contributed by atoms with Gasteiger partial charge in [0.1, 0.15) is 23.3 Å². The molecular weight excluding hydrogens is 434 g/mol. The number of hydrogen-bond donors (Lipinski definition) is 0. The van der Waals surface area contributed by atoms with Crippen LogP contribution in [0.2, 0.25) is 0 Å². The molecule has 0 unspecified atom stereocenters. The molecule has 3 heterocycles. The number of para-hydroxylation sites is 2. The summed E-state index contributed by atoms with van der Waals surface area (Å²) in [4.78, 5) is 30.2. The fourth-order valence-corrected chi connectivity index (χ4v) is 4.63. The summed E-state index contributed by atoms with van der Waals surface area (Å²) in [6.07, 6.45) is 4.21. The van der Waals surface area contributed by atoms with Gasteiger partial charge in [0.15, 0.2) is 6.61 Å². The van der Waals surface area contributed by atoms with Crippen LogP contribution in [0.5, 0.6) is 0 Å². The van der Waals surface area contributed by atoms with Gasteiger partial charge in [0.2, 0.25) is 5.78 Å². The van der Waals surface area contributed by atoms with Gasteiger partial charge < -0.3 is 19.4 Å². The van der Waals surface area contributed by atoms with E-state index in [0.29, 0.717) is 5.82 Å². The number of sulfonamides is 1. The fourth-order valence-electron chi connectivity index (χ4n) is 3.67. The van der Waals surface area contributed by atoms with E-state index in [0.717, 1.165) is 11.4 Å². The summed E-state index contributed by atoms with van der Waals surface area (Å²) >= 11 is 0. The number of Topliss-reactive ketones (excluding diaryl/α,β-unsaturated/α-hetero) is 1. The number of amidine groups is 1. The van der Waals surface area contributed by atoms with Gasteiger partial charge in [-0.3, -0.25) is 4.79 Å². The second-order valence-electron chi connectivity index (χ2n) is 7.26. The first kappa shape index (κ1) is 21.3. The molecule has 0 radical (unpaired) electrons. The van der Waals surface area contributed by atoms with Crippen molar-refractivity contribution in [2.45, 2.75) is 0 Å². The number of hydrogen-bond acceptors (Lipinski definition) is 9. The first-order chi connectivity index (χ1) is 15.2. The van der Waals surface area contributed by atoms with Crippen molar-refractivity contribution in [1.29, 1.82) is 5.26 Å². The number of esters is 1. The van der Waals surface area contributed by atoms with Crippen LogP contribution in [0.3, 0.4) is 0 Å². The van der Waals surface area contributed by atoms with Crippen molar-refractivity contribution < 1.29 is 22.7 Å². The monoisotopic (exact) mass is 453 g/mol. The molecule has 0 aliphatic carbocycles. The molecule has 1 aromatic rings. The van der Waals surface area contributed by atoms with Crippen molar-refractivity contribution in [3.8, 4) is 6.07 Å². The predicted octanol–water partition coefficient (Wildman–Crippen LogP) is 0.918. The number of carbonyl (C=O) groups excluding carboxylic acids is 2. The van der Waals surface area contributed by atoms with Crippen molar-refractivity contribution in [3.05, 3.63) is 59.6 Å². The van der Waals surface area contributed by atoms with E-state index < -0.39 is 28.4 Å². The zero-order chi connectivity index (χ0) is 23.0. The molecular formula is C21H19N5O5S. The zero-order valence-electron chi connectivity index (χ0n) is 17.3. The normalized spacial score (nSPS) is 18.3.